The molecule has 14 heavy (non-hydrogen) atoms. The molecule has 0 spiro atoms. The van der Waals surface area contributed by atoms with E-state index in [9.17, 15) is 4.79 Å². The summed E-state index contributed by atoms with van der Waals surface area (Å²) in [5, 5.41) is 0. The van der Waals surface area contributed by atoms with E-state index in [4.69, 9.17) is 10.5 Å². The number of nitrogens with zero attached hydrogens (tertiary/aromatic N) is 1. The van der Waals surface area contributed by atoms with Crippen LogP contribution < -0.4 is 5.73 Å². The van der Waals surface area contributed by atoms with Crippen LogP contribution in [0.3, 0.4) is 0 Å². The minimum Gasteiger partial charge on any atom is -0.373 e. The zero-order chi connectivity index (χ0) is 10.7. The quantitative estimate of drug-likeness (QED) is 0.700. The van der Waals surface area contributed by atoms with Gasteiger partial charge in [-0.1, -0.05) is 0 Å². The maximum absolute atomic E-state index is 11.7. The van der Waals surface area contributed by atoms with Crippen molar-refractivity contribution >= 4 is 5.91 Å². The van der Waals surface area contributed by atoms with Gasteiger partial charge in [-0.25, -0.2) is 0 Å². The lowest BCUT2D eigenvalue weighted by Crippen LogP contribution is -2.41. The summed E-state index contributed by atoms with van der Waals surface area (Å²) in [7, 11) is 0. The van der Waals surface area contributed by atoms with Gasteiger partial charge in [-0.05, 0) is 20.8 Å². The van der Waals surface area contributed by atoms with E-state index in [0.29, 0.717) is 19.5 Å². The van der Waals surface area contributed by atoms with Crippen LogP contribution in [0.25, 0.3) is 0 Å². The number of carbonyl (C=O) groups is 1. The van der Waals surface area contributed by atoms with Crippen molar-refractivity contribution < 1.29 is 9.53 Å². The van der Waals surface area contributed by atoms with Gasteiger partial charge in [0.15, 0.2) is 0 Å². The molecule has 0 saturated carbocycles. The molecule has 82 valence electrons. The lowest BCUT2D eigenvalue weighted by molar-refractivity contribution is -0.131. The molecule has 1 heterocycles. The monoisotopic (exact) mass is 200 g/mol. The predicted octanol–water partition coefficient (Wildman–Crippen LogP) is 0.360. The van der Waals surface area contributed by atoms with E-state index in [0.717, 1.165) is 0 Å². The Balaban J connectivity index is 2.59. The molecular formula is C10H20N2O2. The molecule has 1 saturated heterocycles. The predicted molar refractivity (Wildman–Crippen MR) is 54.9 cm³/mol. The molecule has 0 bridgehead atoms. The number of ether oxygens (including phenoxy) is 1. The summed E-state index contributed by atoms with van der Waals surface area (Å²) in [6, 6.07) is 0.0274. The zero-order valence-electron chi connectivity index (χ0n) is 9.19. The Bertz CT molecular complexity index is 206. The van der Waals surface area contributed by atoms with Crippen molar-refractivity contribution in [1.29, 1.82) is 0 Å². The first kappa shape index (κ1) is 11.5. The van der Waals surface area contributed by atoms with E-state index in [1.54, 1.807) is 4.90 Å². The summed E-state index contributed by atoms with van der Waals surface area (Å²) < 4.78 is 5.59. The largest absolute Gasteiger partial charge is 0.373 e. The molecule has 2 unspecified atom stereocenters. The highest BCUT2D eigenvalue weighted by molar-refractivity contribution is 5.77. The smallest absolute Gasteiger partial charge is 0.225 e. The van der Waals surface area contributed by atoms with Crippen molar-refractivity contribution in [3.05, 3.63) is 0 Å². The van der Waals surface area contributed by atoms with Crippen LogP contribution in [-0.4, -0.2) is 42.1 Å². The van der Waals surface area contributed by atoms with Gasteiger partial charge in [0.1, 0.15) is 0 Å². The van der Waals surface area contributed by atoms with Crippen LogP contribution in [0.1, 0.15) is 27.2 Å². The van der Waals surface area contributed by atoms with Gasteiger partial charge in [-0.2, -0.15) is 0 Å². The van der Waals surface area contributed by atoms with Crippen molar-refractivity contribution in [2.45, 2.75) is 45.4 Å². The lowest BCUT2D eigenvalue weighted by atomic mass is 10.2. The van der Waals surface area contributed by atoms with E-state index < -0.39 is 0 Å². The minimum atomic E-state index is 0.0237. The van der Waals surface area contributed by atoms with Gasteiger partial charge in [0.05, 0.1) is 18.6 Å². The van der Waals surface area contributed by atoms with Crippen molar-refractivity contribution in [1.82, 2.24) is 4.90 Å². The molecule has 0 radical (unpaired) electrons. The first-order valence-electron chi connectivity index (χ1n) is 5.18. The molecule has 1 rings (SSSR count). The average Bonchev–Trinajstić information content (AvgIpc) is 2.10. The van der Waals surface area contributed by atoms with Crippen molar-refractivity contribution in [2.24, 2.45) is 5.73 Å². The van der Waals surface area contributed by atoms with Gasteiger partial charge in [-0.3, -0.25) is 4.79 Å². The molecule has 0 aromatic rings. The third-order valence-electron chi connectivity index (χ3n) is 2.27. The normalized spacial score (nSPS) is 31.4. The molecule has 1 aliphatic rings. The summed E-state index contributed by atoms with van der Waals surface area (Å²) >= 11 is 0. The number of carbonyl (C=O) groups excluding carboxylic acids is 1. The molecule has 0 aromatic carbocycles. The highest BCUT2D eigenvalue weighted by Gasteiger charge is 2.25. The fourth-order valence-electron chi connectivity index (χ4n) is 1.80. The summed E-state index contributed by atoms with van der Waals surface area (Å²) in [6.07, 6.45) is 0.600. The van der Waals surface area contributed by atoms with Crippen LogP contribution in [-0.2, 0) is 9.53 Å². The van der Waals surface area contributed by atoms with E-state index >= 15 is 0 Å². The van der Waals surface area contributed by atoms with Crippen molar-refractivity contribution in [3.63, 3.8) is 0 Å². The Hall–Kier alpha value is -0.610. The van der Waals surface area contributed by atoms with Gasteiger partial charge in [0.2, 0.25) is 5.91 Å². The van der Waals surface area contributed by atoms with Gasteiger partial charge >= 0.3 is 0 Å². The van der Waals surface area contributed by atoms with Gasteiger partial charge in [0.25, 0.3) is 0 Å². The van der Waals surface area contributed by atoms with Crippen LogP contribution >= 0.6 is 0 Å². The summed E-state index contributed by atoms with van der Waals surface area (Å²) in [5.74, 6) is 0.152. The Kier molecular flexibility index (Phi) is 3.89. The second-order valence-corrected chi connectivity index (χ2v) is 4.24. The first-order valence-corrected chi connectivity index (χ1v) is 5.18. The minimum absolute atomic E-state index is 0.0237. The number of amides is 1. The van der Waals surface area contributed by atoms with Crippen LogP contribution in [0.5, 0.6) is 0 Å². The van der Waals surface area contributed by atoms with E-state index in [-0.39, 0.29) is 24.2 Å². The maximum atomic E-state index is 11.7. The zero-order valence-corrected chi connectivity index (χ0v) is 9.19. The number of rotatable bonds is 2. The first-order chi connectivity index (χ1) is 6.49. The molecule has 2 N–H and O–H groups in total. The molecule has 0 aromatic heterocycles. The highest BCUT2D eigenvalue weighted by Crippen LogP contribution is 2.12. The molecule has 4 heteroatoms. The van der Waals surface area contributed by atoms with Crippen LogP contribution in [0.4, 0.5) is 0 Å². The number of nitrogens with two attached hydrogens (primary N) is 1. The average molecular weight is 200 g/mol. The highest BCUT2D eigenvalue weighted by atomic mass is 16.5. The van der Waals surface area contributed by atoms with Crippen LogP contribution in [0.15, 0.2) is 0 Å². The molecule has 3 atom stereocenters. The standard InChI is InChI=1S/C10H20N2O2/c1-7(11)5-12-6-9(3)14-8(2)4-10(12)13/h7-9H,4-6,11H2,1-3H3/t7-,8?,9?/m0/s1. The van der Waals surface area contributed by atoms with Gasteiger partial charge in [0, 0.05) is 19.1 Å². The topological polar surface area (TPSA) is 55.6 Å². The second-order valence-electron chi connectivity index (χ2n) is 4.24. The Morgan fingerprint density at radius 3 is 2.79 bits per heavy atom. The molecular weight excluding hydrogens is 180 g/mol. The molecule has 1 aliphatic heterocycles. The van der Waals surface area contributed by atoms with Gasteiger partial charge in [-0.15, -0.1) is 0 Å². The third kappa shape index (κ3) is 3.27. The fraction of sp³-hybridized carbons (Fsp3) is 0.900. The number of hydrogen-bond acceptors (Lipinski definition) is 3. The summed E-state index contributed by atoms with van der Waals surface area (Å²) in [5.41, 5.74) is 5.68. The summed E-state index contributed by atoms with van der Waals surface area (Å²) in [4.78, 5) is 13.5. The van der Waals surface area contributed by atoms with Crippen LogP contribution in [0, 0.1) is 0 Å². The SMILES string of the molecule is CC1CC(=O)N(C[C@H](C)N)CC(C)O1. The number of hydrogen-bond donors (Lipinski definition) is 1. The van der Waals surface area contributed by atoms with E-state index in [2.05, 4.69) is 0 Å². The Labute approximate surface area is 85.4 Å². The van der Waals surface area contributed by atoms with E-state index in [1.807, 2.05) is 20.8 Å². The fourth-order valence-corrected chi connectivity index (χ4v) is 1.80. The molecule has 1 amide bonds. The summed E-state index contributed by atoms with van der Waals surface area (Å²) in [6.45, 7) is 7.12. The third-order valence-corrected chi connectivity index (χ3v) is 2.27. The van der Waals surface area contributed by atoms with Crippen molar-refractivity contribution in [3.8, 4) is 0 Å². The van der Waals surface area contributed by atoms with Crippen LogP contribution in [0.2, 0.25) is 0 Å². The lowest BCUT2D eigenvalue weighted by Gasteiger charge is -2.23. The van der Waals surface area contributed by atoms with Gasteiger partial charge < -0.3 is 15.4 Å². The van der Waals surface area contributed by atoms with Crippen molar-refractivity contribution in [2.75, 3.05) is 13.1 Å². The maximum Gasteiger partial charge on any atom is 0.225 e. The Morgan fingerprint density at radius 1 is 1.57 bits per heavy atom. The molecule has 0 aliphatic carbocycles. The molecule has 1 fully saturated rings. The Morgan fingerprint density at radius 2 is 2.21 bits per heavy atom. The van der Waals surface area contributed by atoms with E-state index in [1.165, 1.54) is 0 Å². The second kappa shape index (κ2) is 4.75. The molecule has 4 nitrogen and oxygen atoms in total.